The maximum Gasteiger partial charge on any atom is 0.573 e. The maximum absolute atomic E-state index is 14.6. The molecule has 2 fully saturated rings. The average Bonchev–Trinajstić information content (AvgIpc) is 3.01. The summed E-state index contributed by atoms with van der Waals surface area (Å²) in [5, 5.41) is 0. The standard InChI is InChI=1S/C38H54F3N3O4/c1-8-9-15-31(27-20-22-42(23-21-27)35(46)48-37(5,6)7)34(45)44-25-24-43(26-32(44)36(2,3)4)33(28-13-11-10-12-14-28)29-16-18-30(19-17-29)47-38(39,40)41/h10-14,16-19,27,31-33H,8-9,15,20-26H2,1-7H3/t31?,32-,33?/m1/s1. The van der Waals surface area contributed by atoms with Crippen molar-refractivity contribution in [2.45, 2.75) is 105 Å². The van der Waals surface area contributed by atoms with E-state index >= 15 is 0 Å². The van der Waals surface area contributed by atoms with E-state index in [0.29, 0.717) is 32.7 Å². The lowest BCUT2D eigenvalue weighted by Crippen LogP contribution is -2.61. The molecule has 0 radical (unpaired) electrons. The van der Waals surface area contributed by atoms with Gasteiger partial charge >= 0.3 is 12.5 Å². The van der Waals surface area contributed by atoms with Gasteiger partial charge in [0.2, 0.25) is 5.91 Å². The number of alkyl halides is 3. The molecule has 7 nitrogen and oxygen atoms in total. The molecule has 0 spiro atoms. The predicted octanol–water partition coefficient (Wildman–Crippen LogP) is 8.69. The number of rotatable bonds is 9. The number of halogens is 3. The summed E-state index contributed by atoms with van der Waals surface area (Å²) in [5.74, 6) is 0.0175. The van der Waals surface area contributed by atoms with Crippen LogP contribution in [0, 0.1) is 17.3 Å². The number of piperazine rings is 1. The van der Waals surface area contributed by atoms with Crippen LogP contribution in [0.15, 0.2) is 54.6 Å². The molecule has 0 N–H and O–H groups in total. The Morgan fingerprint density at radius 1 is 0.854 bits per heavy atom. The number of piperidine rings is 1. The van der Waals surface area contributed by atoms with Gasteiger partial charge in [-0.3, -0.25) is 9.69 Å². The molecule has 0 aromatic heterocycles. The Kier molecular flexibility index (Phi) is 12.1. The Labute approximate surface area is 284 Å². The molecule has 0 aliphatic carbocycles. The van der Waals surface area contributed by atoms with E-state index in [1.165, 1.54) is 12.1 Å². The van der Waals surface area contributed by atoms with Crippen LogP contribution < -0.4 is 4.74 Å². The molecule has 3 atom stereocenters. The minimum atomic E-state index is -4.76. The summed E-state index contributed by atoms with van der Waals surface area (Å²) in [7, 11) is 0. The van der Waals surface area contributed by atoms with Crippen molar-refractivity contribution in [3.8, 4) is 5.75 Å². The number of unbranched alkanes of at least 4 members (excludes halogenated alkanes) is 1. The van der Waals surface area contributed by atoms with Gasteiger partial charge in [0, 0.05) is 44.7 Å². The van der Waals surface area contributed by atoms with Gasteiger partial charge in [0.05, 0.1) is 6.04 Å². The van der Waals surface area contributed by atoms with Crippen molar-refractivity contribution in [2.24, 2.45) is 17.3 Å². The number of ether oxygens (including phenoxy) is 2. The molecule has 266 valence electrons. The normalized spacial score (nSPS) is 19.9. The van der Waals surface area contributed by atoms with E-state index in [0.717, 1.165) is 43.2 Å². The minimum Gasteiger partial charge on any atom is -0.444 e. The van der Waals surface area contributed by atoms with Crippen molar-refractivity contribution in [1.82, 2.24) is 14.7 Å². The molecule has 2 aliphatic heterocycles. The number of carbonyl (C=O) groups is 2. The molecule has 0 saturated carbocycles. The maximum atomic E-state index is 14.6. The van der Waals surface area contributed by atoms with Crippen LogP contribution in [-0.2, 0) is 9.53 Å². The predicted molar refractivity (Wildman–Crippen MR) is 181 cm³/mol. The summed E-state index contributed by atoms with van der Waals surface area (Å²) >= 11 is 0. The molecule has 2 aliphatic rings. The summed E-state index contributed by atoms with van der Waals surface area (Å²) in [6.07, 6.45) is -0.727. The SMILES string of the molecule is CCCCC(C(=O)N1CCN(C(c2ccccc2)c2ccc(OC(F)(F)F)cc2)C[C@@H]1C(C)(C)C)C1CCN(C(=O)OC(C)(C)C)CC1. The first-order valence-electron chi connectivity index (χ1n) is 17.4. The Morgan fingerprint density at radius 3 is 2.00 bits per heavy atom. The topological polar surface area (TPSA) is 62.3 Å². The van der Waals surface area contributed by atoms with Crippen LogP contribution in [0.25, 0.3) is 0 Å². The minimum absolute atomic E-state index is 0.0798. The van der Waals surface area contributed by atoms with Crippen LogP contribution in [0.2, 0.25) is 0 Å². The van der Waals surface area contributed by atoms with Gasteiger partial charge in [0.25, 0.3) is 0 Å². The van der Waals surface area contributed by atoms with Crippen LogP contribution in [-0.4, -0.2) is 77.4 Å². The molecule has 0 bridgehead atoms. The van der Waals surface area contributed by atoms with Gasteiger partial charge in [0.15, 0.2) is 0 Å². The highest BCUT2D eigenvalue weighted by Crippen LogP contribution is 2.38. The third-order valence-corrected chi connectivity index (χ3v) is 9.55. The summed E-state index contributed by atoms with van der Waals surface area (Å²) in [6.45, 7) is 17.2. The van der Waals surface area contributed by atoms with E-state index in [9.17, 15) is 22.8 Å². The van der Waals surface area contributed by atoms with E-state index in [-0.39, 0.29) is 47.1 Å². The van der Waals surface area contributed by atoms with Crippen molar-refractivity contribution < 1.29 is 32.2 Å². The van der Waals surface area contributed by atoms with E-state index in [1.807, 2.05) is 51.1 Å². The van der Waals surface area contributed by atoms with Crippen LogP contribution in [0.4, 0.5) is 18.0 Å². The third kappa shape index (κ3) is 10.1. The lowest BCUT2D eigenvalue weighted by molar-refractivity contribution is -0.274. The lowest BCUT2D eigenvalue weighted by Gasteiger charge is -2.51. The fourth-order valence-electron chi connectivity index (χ4n) is 7.15. The number of hydrogen-bond acceptors (Lipinski definition) is 5. The Morgan fingerprint density at radius 2 is 1.46 bits per heavy atom. The Balaban J connectivity index is 1.56. The summed E-state index contributed by atoms with van der Waals surface area (Å²) in [4.78, 5) is 33.6. The number of likely N-dealkylation sites (tertiary alicyclic amines) is 1. The van der Waals surface area contributed by atoms with E-state index in [1.54, 1.807) is 17.0 Å². The smallest absolute Gasteiger partial charge is 0.444 e. The summed E-state index contributed by atoms with van der Waals surface area (Å²) in [5.41, 5.74) is 1.12. The van der Waals surface area contributed by atoms with Crippen LogP contribution in [0.3, 0.4) is 0 Å². The molecule has 2 aromatic rings. The van der Waals surface area contributed by atoms with Gasteiger partial charge < -0.3 is 19.3 Å². The fourth-order valence-corrected chi connectivity index (χ4v) is 7.15. The van der Waals surface area contributed by atoms with Gasteiger partial charge in [-0.2, -0.15) is 0 Å². The van der Waals surface area contributed by atoms with Gasteiger partial charge in [-0.25, -0.2) is 4.79 Å². The van der Waals surface area contributed by atoms with E-state index in [4.69, 9.17) is 4.74 Å². The van der Waals surface area contributed by atoms with Crippen molar-refractivity contribution in [3.05, 3.63) is 65.7 Å². The lowest BCUT2D eigenvalue weighted by atomic mass is 9.78. The van der Waals surface area contributed by atoms with Gasteiger partial charge in [0.1, 0.15) is 11.4 Å². The van der Waals surface area contributed by atoms with Crippen molar-refractivity contribution in [2.75, 3.05) is 32.7 Å². The largest absolute Gasteiger partial charge is 0.573 e. The monoisotopic (exact) mass is 673 g/mol. The second-order valence-electron chi connectivity index (χ2n) is 15.4. The Bertz CT molecular complexity index is 1330. The fraction of sp³-hybridized carbons (Fsp3) is 0.632. The van der Waals surface area contributed by atoms with Crippen LogP contribution >= 0.6 is 0 Å². The van der Waals surface area contributed by atoms with E-state index in [2.05, 4.69) is 42.2 Å². The first-order valence-corrected chi connectivity index (χ1v) is 17.4. The zero-order valence-corrected chi connectivity index (χ0v) is 29.7. The molecule has 2 aromatic carbocycles. The number of nitrogens with zero attached hydrogens (tertiary/aromatic N) is 3. The molecular weight excluding hydrogens is 619 g/mol. The van der Waals surface area contributed by atoms with Gasteiger partial charge in [-0.15, -0.1) is 13.2 Å². The quantitative estimate of drug-likeness (QED) is 0.267. The zero-order chi connectivity index (χ0) is 35.3. The average molecular weight is 674 g/mol. The van der Waals surface area contributed by atoms with Crippen molar-refractivity contribution in [1.29, 1.82) is 0 Å². The van der Waals surface area contributed by atoms with E-state index < -0.39 is 12.0 Å². The molecule has 2 unspecified atom stereocenters. The second kappa shape index (κ2) is 15.5. The Hall–Kier alpha value is -3.27. The number of benzene rings is 2. The van der Waals surface area contributed by atoms with Crippen LogP contribution in [0.1, 0.15) is 97.7 Å². The first kappa shape index (κ1) is 37.5. The summed E-state index contributed by atoms with van der Waals surface area (Å²) in [6, 6.07) is 15.8. The molecule has 2 heterocycles. The second-order valence-corrected chi connectivity index (χ2v) is 15.4. The zero-order valence-electron chi connectivity index (χ0n) is 29.7. The third-order valence-electron chi connectivity index (χ3n) is 9.55. The number of carbonyl (C=O) groups excluding carboxylic acids is 2. The van der Waals surface area contributed by atoms with Crippen LogP contribution in [0.5, 0.6) is 5.75 Å². The highest BCUT2D eigenvalue weighted by molar-refractivity contribution is 5.80. The molecule has 10 heteroatoms. The van der Waals surface area contributed by atoms with Crippen molar-refractivity contribution >= 4 is 12.0 Å². The highest BCUT2D eigenvalue weighted by atomic mass is 19.4. The van der Waals surface area contributed by atoms with Gasteiger partial charge in [-0.1, -0.05) is 83.0 Å². The molecule has 2 amide bonds. The highest BCUT2D eigenvalue weighted by Gasteiger charge is 2.44. The molecule has 48 heavy (non-hydrogen) atoms. The van der Waals surface area contributed by atoms with Gasteiger partial charge in [-0.05, 0) is 74.6 Å². The molecular formula is C38H54F3N3O4. The number of hydrogen-bond donors (Lipinski definition) is 0. The molecule has 4 rings (SSSR count). The molecule has 2 saturated heterocycles. The summed E-state index contributed by atoms with van der Waals surface area (Å²) < 4.78 is 48.4. The van der Waals surface area contributed by atoms with Crippen molar-refractivity contribution in [3.63, 3.8) is 0 Å². The first-order chi connectivity index (χ1) is 22.5. The number of amides is 2.